The summed E-state index contributed by atoms with van der Waals surface area (Å²) in [4.78, 5) is 11.2. The van der Waals surface area contributed by atoms with E-state index >= 15 is 0 Å². The van der Waals surface area contributed by atoms with Crippen molar-refractivity contribution in [2.24, 2.45) is 5.41 Å². The third-order valence-corrected chi connectivity index (χ3v) is 2.77. The second-order valence-electron chi connectivity index (χ2n) is 5.50. The van der Waals surface area contributed by atoms with Crippen LogP contribution in [0.3, 0.4) is 0 Å². The van der Waals surface area contributed by atoms with E-state index in [0.717, 1.165) is 0 Å². The molecule has 0 rings (SSSR count). The average molecular weight is 261 g/mol. The molecule has 0 radical (unpaired) electrons. The summed E-state index contributed by atoms with van der Waals surface area (Å²) in [6.07, 6.45) is -0.139. The molecule has 0 aliphatic carbocycles. The Balaban J connectivity index is 4.07. The summed E-state index contributed by atoms with van der Waals surface area (Å²) >= 11 is 0. The van der Waals surface area contributed by atoms with E-state index in [9.17, 15) is 9.90 Å². The minimum Gasteiger partial charge on any atom is -0.466 e. The molecule has 0 bridgehead atoms. The molecule has 2 unspecified atom stereocenters. The van der Waals surface area contributed by atoms with E-state index in [1.807, 2.05) is 0 Å². The van der Waals surface area contributed by atoms with Crippen LogP contribution >= 0.6 is 0 Å². The molecule has 0 saturated heterocycles. The summed E-state index contributed by atoms with van der Waals surface area (Å²) in [6, 6.07) is 0.0966. The Kier molecular flexibility index (Phi) is 8.15. The van der Waals surface area contributed by atoms with Gasteiger partial charge in [-0.25, -0.2) is 0 Å². The molecule has 108 valence electrons. The van der Waals surface area contributed by atoms with Gasteiger partial charge in [0.15, 0.2) is 0 Å². The molecule has 0 heterocycles. The number of hydrogen-bond donors (Lipinski definition) is 3. The molecule has 5 nitrogen and oxygen atoms in total. The summed E-state index contributed by atoms with van der Waals surface area (Å²) in [5, 5.41) is 21.9. The molecule has 0 aromatic heterocycles. The van der Waals surface area contributed by atoms with Gasteiger partial charge in [-0.15, -0.1) is 0 Å². The number of hydrogen-bond acceptors (Lipinski definition) is 5. The van der Waals surface area contributed by atoms with E-state index in [0.29, 0.717) is 19.6 Å². The zero-order valence-corrected chi connectivity index (χ0v) is 11.9. The number of esters is 1. The smallest absolute Gasteiger partial charge is 0.308 e. The van der Waals surface area contributed by atoms with Crippen molar-refractivity contribution in [2.45, 2.75) is 52.7 Å². The van der Waals surface area contributed by atoms with E-state index in [4.69, 9.17) is 9.84 Å². The summed E-state index contributed by atoms with van der Waals surface area (Å²) in [6.45, 7) is 8.69. The Bertz CT molecular complexity index is 238. The number of aliphatic hydroxyl groups excluding tert-OH is 2. The van der Waals surface area contributed by atoms with Crippen molar-refractivity contribution in [1.29, 1.82) is 0 Å². The molecule has 18 heavy (non-hydrogen) atoms. The van der Waals surface area contributed by atoms with Crippen LogP contribution in [0.4, 0.5) is 0 Å². The first-order chi connectivity index (χ1) is 8.31. The first-order valence-electron chi connectivity index (χ1n) is 6.49. The lowest BCUT2D eigenvalue weighted by molar-refractivity contribution is -0.145. The maximum Gasteiger partial charge on any atom is 0.308 e. The maximum atomic E-state index is 11.2. The minimum atomic E-state index is -0.757. The van der Waals surface area contributed by atoms with Gasteiger partial charge in [0.1, 0.15) is 0 Å². The molecule has 0 aliphatic heterocycles. The highest BCUT2D eigenvalue weighted by molar-refractivity contribution is 5.69. The topological polar surface area (TPSA) is 78.8 Å². The second kappa shape index (κ2) is 8.45. The quantitative estimate of drug-likeness (QED) is 0.560. The molecule has 0 aromatic rings. The van der Waals surface area contributed by atoms with Crippen molar-refractivity contribution in [3.63, 3.8) is 0 Å². The molecule has 3 N–H and O–H groups in total. The highest BCUT2D eigenvalue weighted by Crippen LogP contribution is 2.21. The van der Waals surface area contributed by atoms with E-state index in [2.05, 4.69) is 26.1 Å². The van der Waals surface area contributed by atoms with Crippen LogP contribution in [0.5, 0.6) is 0 Å². The lowest BCUT2D eigenvalue weighted by Crippen LogP contribution is -2.44. The largest absolute Gasteiger partial charge is 0.466 e. The van der Waals surface area contributed by atoms with Crippen LogP contribution in [0.1, 0.15) is 40.5 Å². The first-order valence-corrected chi connectivity index (χ1v) is 6.49. The molecule has 0 aliphatic rings. The van der Waals surface area contributed by atoms with Crippen molar-refractivity contribution in [1.82, 2.24) is 5.32 Å². The van der Waals surface area contributed by atoms with Crippen LogP contribution in [0.25, 0.3) is 0 Å². The highest BCUT2D eigenvalue weighted by atomic mass is 16.5. The van der Waals surface area contributed by atoms with Gasteiger partial charge in [-0.2, -0.15) is 0 Å². The third-order valence-electron chi connectivity index (χ3n) is 2.77. The molecule has 0 saturated carbocycles. The van der Waals surface area contributed by atoms with Crippen molar-refractivity contribution in [3.05, 3.63) is 0 Å². The molecule has 0 aromatic carbocycles. The molecule has 2 atom stereocenters. The van der Waals surface area contributed by atoms with Gasteiger partial charge < -0.3 is 20.3 Å². The van der Waals surface area contributed by atoms with Crippen molar-refractivity contribution < 1.29 is 19.7 Å². The number of ether oxygens (including phenoxy) is 1. The van der Waals surface area contributed by atoms with Crippen LogP contribution in [-0.2, 0) is 9.53 Å². The molecule has 0 amide bonds. The van der Waals surface area contributed by atoms with Gasteiger partial charge in [0.2, 0.25) is 0 Å². The van der Waals surface area contributed by atoms with Gasteiger partial charge in [-0.3, -0.25) is 4.79 Å². The zero-order valence-electron chi connectivity index (χ0n) is 11.9. The monoisotopic (exact) mass is 261 g/mol. The molecular formula is C13H27NO4. The van der Waals surface area contributed by atoms with Crippen LogP contribution in [-0.4, -0.2) is 48.1 Å². The zero-order chi connectivity index (χ0) is 14.2. The molecular weight excluding hydrogens is 234 g/mol. The van der Waals surface area contributed by atoms with Crippen molar-refractivity contribution in [2.75, 3.05) is 19.8 Å². The van der Waals surface area contributed by atoms with Gasteiger partial charge in [0.25, 0.3) is 0 Å². The third kappa shape index (κ3) is 7.63. The summed E-state index contributed by atoms with van der Waals surface area (Å²) in [5.41, 5.74) is -0.00756. The van der Waals surface area contributed by atoms with Crippen LogP contribution < -0.4 is 5.32 Å². The van der Waals surface area contributed by atoms with E-state index in [-0.39, 0.29) is 30.5 Å². The Morgan fingerprint density at radius 2 is 2.00 bits per heavy atom. The highest BCUT2D eigenvalue weighted by Gasteiger charge is 2.24. The predicted molar refractivity (Wildman–Crippen MR) is 70.2 cm³/mol. The lowest BCUT2D eigenvalue weighted by Gasteiger charge is -2.32. The summed E-state index contributed by atoms with van der Waals surface area (Å²) in [5.74, 6) is -0.388. The Morgan fingerprint density at radius 1 is 1.39 bits per heavy atom. The molecule has 0 fully saturated rings. The van der Waals surface area contributed by atoms with Gasteiger partial charge in [-0.05, 0) is 18.8 Å². The standard InChI is InChI=1S/C13H27NO4/c1-5-18-12(17)8-10(16)9-14-11(6-7-15)13(2,3)4/h10-11,14-16H,5-9H2,1-4H3. The Morgan fingerprint density at radius 3 is 2.44 bits per heavy atom. The van der Waals surface area contributed by atoms with Gasteiger partial charge in [0, 0.05) is 19.2 Å². The van der Waals surface area contributed by atoms with Crippen molar-refractivity contribution in [3.8, 4) is 0 Å². The van der Waals surface area contributed by atoms with Crippen LogP contribution in [0.2, 0.25) is 0 Å². The number of nitrogens with one attached hydrogen (secondary N) is 1. The second-order valence-corrected chi connectivity index (χ2v) is 5.50. The van der Waals surface area contributed by atoms with E-state index < -0.39 is 6.10 Å². The lowest BCUT2D eigenvalue weighted by atomic mass is 9.85. The van der Waals surface area contributed by atoms with Gasteiger partial charge in [0.05, 0.1) is 19.1 Å². The average Bonchev–Trinajstić information content (AvgIpc) is 2.22. The Hall–Kier alpha value is -0.650. The van der Waals surface area contributed by atoms with Crippen molar-refractivity contribution >= 4 is 5.97 Å². The molecule has 0 spiro atoms. The predicted octanol–water partition coefficient (Wildman–Crippen LogP) is 0.687. The molecule has 5 heteroatoms. The summed E-state index contributed by atoms with van der Waals surface area (Å²) < 4.78 is 4.77. The SMILES string of the molecule is CCOC(=O)CC(O)CNC(CCO)C(C)(C)C. The summed E-state index contributed by atoms with van der Waals surface area (Å²) in [7, 11) is 0. The van der Waals surface area contributed by atoms with Gasteiger partial charge in [-0.1, -0.05) is 20.8 Å². The Labute approximate surface area is 110 Å². The fraction of sp³-hybridized carbons (Fsp3) is 0.923. The maximum absolute atomic E-state index is 11.2. The minimum absolute atomic E-state index is 0.00315. The fourth-order valence-electron chi connectivity index (χ4n) is 1.73. The van der Waals surface area contributed by atoms with E-state index in [1.54, 1.807) is 6.92 Å². The number of carbonyl (C=O) groups is 1. The van der Waals surface area contributed by atoms with E-state index in [1.165, 1.54) is 0 Å². The van der Waals surface area contributed by atoms with Crippen LogP contribution in [0.15, 0.2) is 0 Å². The van der Waals surface area contributed by atoms with Crippen LogP contribution in [0, 0.1) is 5.41 Å². The number of aliphatic hydroxyl groups is 2. The fourth-order valence-corrected chi connectivity index (χ4v) is 1.73. The van der Waals surface area contributed by atoms with Gasteiger partial charge >= 0.3 is 5.97 Å². The number of rotatable bonds is 8. The normalized spacial score (nSPS) is 15.2. The first kappa shape index (κ1) is 17.4. The number of carbonyl (C=O) groups excluding carboxylic acids is 1.